The van der Waals surface area contributed by atoms with Crippen molar-refractivity contribution in [3.05, 3.63) is 65.7 Å². The summed E-state index contributed by atoms with van der Waals surface area (Å²) in [6, 6.07) is 5.96. The Balaban J connectivity index is 1.91. The number of carbonyl (C=O) groups is 1. The number of sulfone groups is 1. The average molecular weight is 484 g/mol. The van der Waals surface area contributed by atoms with E-state index in [1.54, 1.807) is 12.1 Å². The highest BCUT2D eigenvalue weighted by Gasteiger charge is 2.48. The van der Waals surface area contributed by atoms with Crippen molar-refractivity contribution in [3.63, 3.8) is 0 Å². The minimum Gasteiger partial charge on any atom is -0.336 e. The van der Waals surface area contributed by atoms with Crippen molar-refractivity contribution in [2.24, 2.45) is 0 Å². The molecule has 176 valence electrons. The molecule has 1 saturated carbocycles. The fourth-order valence-electron chi connectivity index (χ4n) is 3.20. The Kier molecular flexibility index (Phi) is 7.04. The molecule has 0 saturated heterocycles. The van der Waals surface area contributed by atoms with Crippen molar-refractivity contribution in [1.29, 1.82) is 5.26 Å². The van der Waals surface area contributed by atoms with Crippen LogP contribution in [0, 0.1) is 17.1 Å². The highest BCUT2D eigenvalue weighted by atomic mass is 32.2. The molecular formula is C21H20F4N4O3S. The molecule has 0 radical (unpaired) electrons. The van der Waals surface area contributed by atoms with E-state index in [2.05, 4.69) is 10.3 Å². The zero-order valence-corrected chi connectivity index (χ0v) is 18.0. The van der Waals surface area contributed by atoms with Gasteiger partial charge < -0.3 is 5.32 Å². The van der Waals surface area contributed by atoms with Gasteiger partial charge >= 0.3 is 6.18 Å². The second kappa shape index (κ2) is 9.44. The minimum absolute atomic E-state index is 0.147. The lowest BCUT2D eigenvalue weighted by Gasteiger charge is -2.28. The first-order valence-electron chi connectivity index (χ1n) is 9.85. The first-order valence-corrected chi connectivity index (χ1v) is 11.7. The van der Waals surface area contributed by atoms with Crippen molar-refractivity contribution < 1.29 is 30.8 Å². The number of nitrogens with one attached hydrogen (secondary N) is 2. The molecule has 1 fully saturated rings. The van der Waals surface area contributed by atoms with E-state index >= 15 is 0 Å². The largest absolute Gasteiger partial charge is 0.408 e. The number of pyridine rings is 1. The number of halogens is 4. The van der Waals surface area contributed by atoms with Crippen molar-refractivity contribution in [3.8, 4) is 6.07 Å². The van der Waals surface area contributed by atoms with Crippen LogP contribution in [-0.4, -0.2) is 42.8 Å². The monoisotopic (exact) mass is 484 g/mol. The summed E-state index contributed by atoms with van der Waals surface area (Å²) in [5.74, 6) is -3.89. The molecule has 0 spiro atoms. The maximum Gasteiger partial charge on any atom is 0.408 e. The van der Waals surface area contributed by atoms with Gasteiger partial charge in [0.15, 0.2) is 9.84 Å². The Morgan fingerprint density at radius 2 is 1.85 bits per heavy atom. The van der Waals surface area contributed by atoms with E-state index in [1.165, 1.54) is 24.4 Å². The number of hydrogen-bond acceptors (Lipinski definition) is 6. The predicted octanol–water partition coefficient (Wildman–Crippen LogP) is 2.57. The maximum atomic E-state index is 14.2. The van der Waals surface area contributed by atoms with Gasteiger partial charge in [0, 0.05) is 11.8 Å². The van der Waals surface area contributed by atoms with Crippen LogP contribution in [0.3, 0.4) is 0 Å². The number of benzene rings is 1. The molecule has 0 bridgehead atoms. The highest BCUT2D eigenvalue weighted by molar-refractivity contribution is 7.90. The van der Waals surface area contributed by atoms with Gasteiger partial charge in [-0.3, -0.25) is 15.1 Å². The number of alkyl halides is 3. The molecule has 7 nitrogen and oxygen atoms in total. The van der Waals surface area contributed by atoms with Crippen LogP contribution in [0.4, 0.5) is 17.6 Å². The molecule has 2 N–H and O–H groups in total. The van der Waals surface area contributed by atoms with Crippen molar-refractivity contribution in [2.75, 3.05) is 5.75 Å². The Bertz CT molecular complexity index is 1150. The fourth-order valence-corrected chi connectivity index (χ4v) is 4.70. The Labute approximate surface area is 187 Å². The summed E-state index contributed by atoms with van der Waals surface area (Å²) in [6.45, 7) is 0. The molecule has 3 rings (SSSR count). The van der Waals surface area contributed by atoms with Crippen LogP contribution >= 0.6 is 0 Å². The Morgan fingerprint density at radius 3 is 2.39 bits per heavy atom. The molecule has 2 atom stereocenters. The topological polar surface area (TPSA) is 112 Å². The summed E-state index contributed by atoms with van der Waals surface area (Å²) in [6.07, 6.45) is -3.11. The maximum absolute atomic E-state index is 14.2. The Morgan fingerprint density at radius 1 is 1.18 bits per heavy atom. The van der Waals surface area contributed by atoms with E-state index in [0.717, 1.165) is 12.1 Å². The fraction of sp³-hybridized carbons (Fsp3) is 0.381. The van der Waals surface area contributed by atoms with Crippen LogP contribution in [0.2, 0.25) is 0 Å². The molecule has 1 aliphatic rings. The molecule has 33 heavy (non-hydrogen) atoms. The molecule has 1 aliphatic carbocycles. The quantitative estimate of drug-likeness (QED) is 0.529. The summed E-state index contributed by atoms with van der Waals surface area (Å²) >= 11 is 0. The van der Waals surface area contributed by atoms with Gasteiger partial charge in [0.2, 0.25) is 5.91 Å². The van der Waals surface area contributed by atoms with Gasteiger partial charge in [0.05, 0.1) is 23.3 Å². The van der Waals surface area contributed by atoms with Crippen molar-refractivity contribution >= 4 is 15.7 Å². The van der Waals surface area contributed by atoms with Gasteiger partial charge in [-0.25, -0.2) is 12.8 Å². The van der Waals surface area contributed by atoms with Crippen molar-refractivity contribution in [2.45, 2.75) is 42.4 Å². The molecule has 1 amide bonds. The summed E-state index contributed by atoms with van der Waals surface area (Å²) in [5, 5.41) is 13.5. The standard InChI is InChI=1S/C21H20F4N4O3S/c22-16-7-2-1-6-15(16)18(21(23,24)25)28-17(19(30)29-20(13-26)8-9-20)12-33(31,32)11-14-5-3-4-10-27-14/h1-7,10,17-18,28H,8-9,11-12H2,(H,29,30)/t17-,18+/m0/s1. The van der Waals surface area contributed by atoms with E-state index in [0.29, 0.717) is 12.8 Å². The summed E-state index contributed by atoms with van der Waals surface area (Å²) < 4.78 is 81.1. The minimum atomic E-state index is -5.04. The lowest BCUT2D eigenvalue weighted by atomic mass is 10.0. The van der Waals surface area contributed by atoms with E-state index in [4.69, 9.17) is 0 Å². The third kappa shape index (κ3) is 6.49. The normalized spacial score (nSPS) is 16.9. The molecule has 0 aliphatic heterocycles. The van der Waals surface area contributed by atoms with Gasteiger partial charge in [-0.15, -0.1) is 0 Å². The van der Waals surface area contributed by atoms with Gasteiger partial charge in [-0.2, -0.15) is 18.4 Å². The van der Waals surface area contributed by atoms with Gasteiger partial charge in [-0.1, -0.05) is 24.3 Å². The molecule has 1 aromatic carbocycles. The SMILES string of the molecule is N#CC1(NC(=O)[C@H](CS(=O)(=O)Cc2ccccn2)N[C@H](c2ccccc2F)C(F)(F)F)CC1. The lowest BCUT2D eigenvalue weighted by molar-refractivity contribution is -0.161. The molecule has 2 aromatic rings. The number of rotatable bonds is 9. The summed E-state index contributed by atoms with van der Waals surface area (Å²) in [7, 11) is -4.13. The van der Waals surface area contributed by atoms with Crippen LogP contribution in [0.25, 0.3) is 0 Å². The van der Waals surface area contributed by atoms with E-state index in [-0.39, 0.29) is 5.69 Å². The molecule has 1 aromatic heterocycles. The van der Waals surface area contributed by atoms with E-state index < -0.39 is 62.4 Å². The third-order valence-corrected chi connectivity index (χ3v) is 6.65. The molecular weight excluding hydrogens is 464 g/mol. The Hall–Kier alpha value is -3.04. The van der Waals surface area contributed by atoms with E-state index in [9.17, 15) is 36.0 Å². The number of nitrogens with zero attached hydrogens (tertiary/aromatic N) is 2. The summed E-state index contributed by atoms with van der Waals surface area (Å²) in [5.41, 5.74) is -1.88. The van der Waals surface area contributed by atoms with Gasteiger partial charge in [0.1, 0.15) is 23.4 Å². The second-order valence-corrected chi connectivity index (χ2v) is 9.88. The average Bonchev–Trinajstić information content (AvgIpc) is 3.51. The molecule has 12 heteroatoms. The van der Waals surface area contributed by atoms with Crippen LogP contribution in [-0.2, 0) is 20.4 Å². The highest BCUT2D eigenvalue weighted by Crippen LogP contribution is 2.36. The zero-order chi connectivity index (χ0) is 24.3. The first-order chi connectivity index (χ1) is 15.4. The number of carbonyl (C=O) groups excluding carboxylic acids is 1. The number of amides is 1. The first kappa shape index (κ1) is 24.6. The molecule has 1 heterocycles. The number of hydrogen-bond donors (Lipinski definition) is 2. The molecule has 0 unspecified atom stereocenters. The second-order valence-electron chi connectivity index (χ2n) is 7.77. The van der Waals surface area contributed by atoms with Crippen LogP contribution < -0.4 is 10.6 Å². The van der Waals surface area contributed by atoms with Crippen molar-refractivity contribution in [1.82, 2.24) is 15.6 Å². The van der Waals surface area contributed by atoms with E-state index in [1.807, 2.05) is 11.4 Å². The summed E-state index contributed by atoms with van der Waals surface area (Å²) in [4.78, 5) is 16.7. The van der Waals surface area contributed by atoms with Crippen LogP contribution in [0.1, 0.15) is 30.1 Å². The zero-order valence-electron chi connectivity index (χ0n) is 17.1. The van der Waals surface area contributed by atoms with Gasteiger partial charge in [-0.05, 0) is 31.0 Å². The van der Waals surface area contributed by atoms with Crippen LogP contribution in [0.5, 0.6) is 0 Å². The third-order valence-electron chi connectivity index (χ3n) is 5.07. The smallest absolute Gasteiger partial charge is 0.336 e. The van der Waals surface area contributed by atoms with Crippen LogP contribution in [0.15, 0.2) is 48.7 Å². The number of nitriles is 1. The lowest BCUT2D eigenvalue weighted by Crippen LogP contribution is -2.54. The van der Waals surface area contributed by atoms with Gasteiger partial charge in [0.25, 0.3) is 0 Å². The number of aromatic nitrogens is 1. The predicted molar refractivity (Wildman–Crippen MR) is 110 cm³/mol.